The van der Waals surface area contributed by atoms with Crippen LogP contribution in [0.3, 0.4) is 0 Å². The lowest BCUT2D eigenvalue weighted by Crippen LogP contribution is -2.37. The van der Waals surface area contributed by atoms with Crippen molar-refractivity contribution in [2.75, 3.05) is 0 Å². The van der Waals surface area contributed by atoms with Crippen LogP contribution in [-0.2, 0) is 16.6 Å². The largest absolute Gasteiger partial charge is 0.481 e. The Balaban J connectivity index is 2.42. The summed E-state index contributed by atoms with van der Waals surface area (Å²) in [5, 5.41) is 9.79. The first-order chi connectivity index (χ1) is 9.58. The number of aliphatic carboxylic acids is 1. The van der Waals surface area contributed by atoms with E-state index in [1.807, 2.05) is 68.4 Å². The van der Waals surface area contributed by atoms with Crippen LogP contribution in [0.5, 0.6) is 0 Å². The Hall–Kier alpha value is -2.09. The maximum Gasteiger partial charge on any atom is 0.314 e. The molecule has 0 amide bonds. The van der Waals surface area contributed by atoms with Gasteiger partial charge in [0.25, 0.3) is 0 Å². The van der Waals surface area contributed by atoms with E-state index in [1.165, 1.54) is 5.56 Å². The average Bonchev–Trinajstić information content (AvgIpc) is 2.47. The minimum Gasteiger partial charge on any atom is -0.481 e. The van der Waals surface area contributed by atoms with Gasteiger partial charge in [-0.1, -0.05) is 67.1 Å². The van der Waals surface area contributed by atoms with Gasteiger partial charge < -0.3 is 5.11 Å². The van der Waals surface area contributed by atoms with Gasteiger partial charge in [0.05, 0.1) is 5.41 Å². The van der Waals surface area contributed by atoms with Crippen LogP contribution < -0.4 is 0 Å². The smallest absolute Gasteiger partial charge is 0.314 e. The standard InChI is InChI=1S/C18H20O2/c1-3-18(17(19)20,16-7-5-4-6-8-16)13-15-11-9-14(2)10-12-15/h4-12H,3,13H2,1-2H3,(H,19,20). The Morgan fingerprint density at radius 1 is 1.05 bits per heavy atom. The molecule has 20 heavy (non-hydrogen) atoms. The van der Waals surface area contributed by atoms with Crippen molar-refractivity contribution in [1.29, 1.82) is 0 Å². The van der Waals surface area contributed by atoms with Crippen LogP contribution in [0.15, 0.2) is 54.6 Å². The van der Waals surface area contributed by atoms with E-state index in [1.54, 1.807) is 0 Å². The normalized spacial score (nSPS) is 13.7. The van der Waals surface area contributed by atoms with Gasteiger partial charge in [0.1, 0.15) is 0 Å². The summed E-state index contributed by atoms with van der Waals surface area (Å²) in [7, 11) is 0. The second-order valence-electron chi connectivity index (χ2n) is 5.27. The summed E-state index contributed by atoms with van der Waals surface area (Å²) in [5.74, 6) is -0.758. The molecule has 0 fully saturated rings. The van der Waals surface area contributed by atoms with Crippen LogP contribution in [0, 0.1) is 6.92 Å². The minimum absolute atomic E-state index is 0.517. The molecule has 0 aliphatic rings. The molecule has 0 spiro atoms. The van der Waals surface area contributed by atoms with E-state index >= 15 is 0 Å². The van der Waals surface area contributed by atoms with Crippen molar-refractivity contribution in [3.63, 3.8) is 0 Å². The SMILES string of the molecule is CCC(Cc1ccc(C)cc1)(C(=O)O)c1ccccc1. The summed E-state index contributed by atoms with van der Waals surface area (Å²) in [6.07, 6.45) is 1.09. The van der Waals surface area contributed by atoms with Gasteiger partial charge in [0.2, 0.25) is 0 Å². The molecule has 1 atom stereocenters. The molecule has 0 saturated heterocycles. The lowest BCUT2D eigenvalue weighted by molar-refractivity contribution is -0.144. The summed E-state index contributed by atoms with van der Waals surface area (Å²) in [6.45, 7) is 3.97. The van der Waals surface area contributed by atoms with Crippen molar-refractivity contribution in [2.45, 2.75) is 32.1 Å². The Labute approximate surface area is 120 Å². The second kappa shape index (κ2) is 5.91. The number of hydrogen-bond acceptors (Lipinski definition) is 1. The summed E-state index contributed by atoms with van der Waals surface area (Å²) < 4.78 is 0. The first-order valence-electron chi connectivity index (χ1n) is 6.93. The summed E-state index contributed by atoms with van der Waals surface area (Å²) in [4.78, 5) is 11.9. The van der Waals surface area contributed by atoms with E-state index < -0.39 is 11.4 Å². The Morgan fingerprint density at radius 2 is 1.65 bits per heavy atom. The number of carboxylic acid groups (broad SMARTS) is 1. The van der Waals surface area contributed by atoms with Gasteiger partial charge in [-0.05, 0) is 30.9 Å². The molecule has 0 radical (unpaired) electrons. The van der Waals surface area contributed by atoms with Crippen molar-refractivity contribution in [3.8, 4) is 0 Å². The highest BCUT2D eigenvalue weighted by molar-refractivity contribution is 5.81. The third kappa shape index (κ3) is 2.74. The highest BCUT2D eigenvalue weighted by atomic mass is 16.4. The van der Waals surface area contributed by atoms with Gasteiger partial charge in [-0.2, -0.15) is 0 Å². The monoisotopic (exact) mass is 268 g/mol. The molecule has 0 heterocycles. The van der Waals surface area contributed by atoms with Crippen molar-refractivity contribution in [1.82, 2.24) is 0 Å². The topological polar surface area (TPSA) is 37.3 Å². The molecule has 2 aromatic rings. The molecule has 104 valence electrons. The van der Waals surface area contributed by atoms with Crippen LogP contribution in [0.1, 0.15) is 30.0 Å². The van der Waals surface area contributed by atoms with E-state index in [0.717, 1.165) is 11.1 Å². The minimum atomic E-state index is -0.851. The van der Waals surface area contributed by atoms with Crippen LogP contribution in [0.4, 0.5) is 0 Å². The van der Waals surface area contributed by atoms with Gasteiger partial charge in [0, 0.05) is 0 Å². The fourth-order valence-corrected chi connectivity index (χ4v) is 2.59. The first kappa shape index (κ1) is 14.3. The number of benzene rings is 2. The summed E-state index contributed by atoms with van der Waals surface area (Å²) >= 11 is 0. The number of carbonyl (C=O) groups is 1. The molecule has 2 nitrogen and oxygen atoms in total. The maximum absolute atomic E-state index is 11.9. The molecule has 2 aromatic carbocycles. The van der Waals surface area contributed by atoms with Crippen molar-refractivity contribution in [3.05, 3.63) is 71.3 Å². The molecular formula is C18H20O2. The molecule has 0 bridgehead atoms. The van der Waals surface area contributed by atoms with E-state index in [-0.39, 0.29) is 0 Å². The molecular weight excluding hydrogens is 248 g/mol. The number of rotatable bonds is 5. The Morgan fingerprint density at radius 3 is 2.15 bits per heavy atom. The summed E-state index contributed by atoms with van der Waals surface area (Å²) in [5.41, 5.74) is 2.27. The van der Waals surface area contributed by atoms with Gasteiger partial charge in [-0.25, -0.2) is 0 Å². The Bertz CT molecular complexity index is 572. The molecule has 1 N–H and O–H groups in total. The van der Waals surface area contributed by atoms with Crippen molar-refractivity contribution >= 4 is 5.97 Å². The third-order valence-electron chi connectivity index (χ3n) is 3.97. The zero-order chi connectivity index (χ0) is 14.6. The predicted molar refractivity (Wildman–Crippen MR) is 80.9 cm³/mol. The molecule has 1 unspecified atom stereocenters. The molecule has 2 heteroatoms. The van der Waals surface area contributed by atoms with E-state index in [2.05, 4.69) is 0 Å². The third-order valence-corrected chi connectivity index (χ3v) is 3.97. The zero-order valence-electron chi connectivity index (χ0n) is 12.0. The lowest BCUT2D eigenvalue weighted by atomic mass is 9.73. The maximum atomic E-state index is 11.9. The van der Waals surface area contributed by atoms with Gasteiger partial charge in [-0.3, -0.25) is 4.79 Å². The van der Waals surface area contributed by atoms with E-state index in [9.17, 15) is 9.90 Å². The highest BCUT2D eigenvalue weighted by Gasteiger charge is 2.38. The molecule has 0 aliphatic heterocycles. The molecule has 2 rings (SSSR count). The lowest BCUT2D eigenvalue weighted by Gasteiger charge is -2.29. The number of aryl methyl sites for hydroxylation is 1. The zero-order valence-corrected chi connectivity index (χ0v) is 12.0. The first-order valence-corrected chi connectivity index (χ1v) is 6.93. The van der Waals surface area contributed by atoms with Gasteiger partial charge in [-0.15, -0.1) is 0 Å². The quantitative estimate of drug-likeness (QED) is 0.891. The second-order valence-corrected chi connectivity index (χ2v) is 5.27. The fraction of sp³-hybridized carbons (Fsp3) is 0.278. The highest BCUT2D eigenvalue weighted by Crippen LogP contribution is 2.32. The average molecular weight is 268 g/mol. The van der Waals surface area contributed by atoms with Crippen molar-refractivity contribution < 1.29 is 9.90 Å². The molecule has 0 saturated carbocycles. The van der Waals surface area contributed by atoms with Gasteiger partial charge >= 0.3 is 5.97 Å². The summed E-state index contributed by atoms with van der Waals surface area (Å²) in [6, 6.07) is 17.6. The van der Waals surface area contributed by atoms with Crippen molar-refractivity contribution in [2.24, 2.45) is 0 Å². The predicted octanol–water partition coefficient (Wildman–Crippen LogP) is 3.97. The molecule has 0 aliphatic carbocycles. The van der Waals surface area contributed by atoms with Crippen LogP contribution in [-0.4, -0.2) is 11.1 Å². The van der Waals surface area contributed by atoms with Crippen LogP contribution in [0.25, 0.3) is 0 Å². The van der Waals surface area contributed by atoms with Gasteiger partial charge in [0.15, 0.2) is 0 Å². The van der Waals surface area contributed by atoms with E-state index in [0.29, 0.717) is 12.8 Å². The molecule has 0 aromatic heterocycles. The van der Waals surface area contributed by atoms with Crippen LogP contribution in [0.2, 0.25) is 0 Å². The van der Waals surface area contributed by atoms with E-state index in [4.69, 9.17) is 0 Å². The Kier molecular flexibility index (Phi) is 4.23. The number of carboxylic acids is 1. The fourth-order valence-electron chi connectivity index (χ4n) is 2.59. The number of hydrogen-bond donors (Lipinski definition) is 1. The van der Waals surface area contributed by atoms with Crippen LogP contribution >= 0.6 is 0 Å².